The van der Waals surface area contributed by atoms with Gasteiger partial charge in [0.2, 0.25) is 0 Å². The lowest BCUT2D eigenvalue weighted by Crippen LogP contribution is -2.44. The smallest absolute Gasteiger partial charge is 0.331 e. The van der Waals surface area contributed by atoms with Crippen molar-refractivity contribution in [2.45, 2.75) is 25.5 Å². The van der Waals surface area contributed by atoms with Crippen molar-refractivity contribution in [3.05, 3.63) is 35.7 Å². The van der Waals surface area contributed by atoms with E-state index >= 15 is 0 Å². The van der Waals surface area contributed by atoms with Crippen molar-refractivity contribution in [3.63, 3.8) is 0 Å². The number of halogens is 1. The van der Waals surface area contributed by atoms with Gasteiger partial charge >= 0.3 is 5.97 Å². The number of likely N-dealkylation sites (N-methyl/N-ethyl adjacent to an activating group) is 1. The molecule has 1 fully saturated rings. The Hall–Kier alpha value is -2.42. The number of nitrogens with zero attached hydrogens (tertiary/aromatic N) is 1. The molecule has 1 aromatic rings. The number of hydrogen-bond donors (Lipinski definition) is 0. The number of carbonyl (C=O) groups is 2. The average Bonchev–Trinajstić information content (AvgIpc) is 2.98. The summed E-state index contributed by atoms with van der Waals surface area (Å²) in [7, 11) is -0.280. The Labute approximate surface area is 157 Å². The van der Waals surface area contributed by atoms with E-state index < -0.39 is 39.7 Å². The predicted molar refractivity (Wildman–Crippen MR) is 97.4 cm³/mol. The second kappa shape index (κ2) is 8.51. The van der Waals surface area contributed by atoms with E-state index in [4.69, 9.17) is 9.47 Å². The van der Waals surface area contributed by atoms with Gasteiger partial charge in [-0.3, -0.25) is 4.79 Å². The highest BCUT2D eigenvalue weighted by Gasteiger charge is 2.34. The molecule has 27 heavy (non-hydrogen) atoms. The second-order valence-electron chi connectivity index (χ2n) is 6.31. The zero-order chi connectivity index (χ0) is 20.2. The van der Waals surface area contributed by atoms with Gasteiger partial charge in [0.15, 0.2) is 27.5 Å². The van der Waals surface area contributed by atoms with Gasteiger partial charge in [0.1, 0.15) is 0 Å². The monoisotopic (exact) mass is 399 g/mol. The van der Waals surface area contributed by atoms with Gasteiger partial charge in [0.05, 0.1) is 18.6 Å². The number of hydrogen-bond acceptors (Lipinski definition) is 6. The highest BCUT2D eigenvalue weighted by Crippen LogP contribution is 2.19. The molecule has 1 aliphatic rings. The number of carbonyl (C=O) groups excluding carboxylic acids is 2. The lowest BCUT2D eigenvalue weighted by molar-refractivity contribution is -0.155. The fraction of sp³-hybridized carbons (Fsp3) is 0.444. The number of sulfone groups is 1. The minimum absolute atomic E-state index is 0.0462. The summed E-state index contributed by atoms with van der Waals surface area (Å²) in [4.78, 5) is 25.5. The minimum Gasteiger partial charge on any atom is -0.494 e. The Morgan fingerprint density at radius 1 is 1.37 bits per heavy atom. The second-order valence-corrected chi connectivity index (χ2v) is 8.54. The lowest BCUT2D eigenvalue weighted by atomic mass is 10.2. The fourth-order valence-electron chi connectivity index (χ4n) is 2.76. The summed E-state index contributed by atoms with van der Waals surface area (Å²) in [6.45, 7) is 1.42. The fourth-order valence-corrected chi connectivity index (χ4v) is 4.54. The van der Waals surface area contributed by atoms with Crippen molar-refractivity contribution < 1.29 is 31.9 Å². The molecule has 2 atom stereocenters. The van der Waals surface area contributed by atoms with E-state index in [1.807, 2.05) is 0 Å². The predicted octanol–water partition coefficient (Wildman–Crippen LogP) is 1.42. The van der Waals surface area contributed by atoms with E-state index in [2.05, 4.69) is 0 Å². The van der Waals surface area contributed by atoms with Crippen LogP contribution in [0.15, 0.2) is 24.3 Å². The van der Waals surface area contributed by atoms with Gasteiger partial charge in [0, 0.05) is 19.2 Å². The molecule has 0 radical (unpaired) electrons. The van der Waals surface area contributed by atoms with Crippen LogP contribution in [0.5, 0.6) is 5.75 Å². The maximum atomic E-state index is 13.6. The first-order chi connectivity index (χ1) is 12.6. The molecule has 1 aromatic carbocycles. The summed E-state index contributed by atoms with van der Waals surface area (Å²) in [6.07, 6.45) is 1.75. The molecular formula is C18H22FNO6S. The third kappa shape index (κ3) is 5.53. The van der Waals surface area contributed by atoms with Crippen LogP contribution in [0.3, 0.4) is 0 Å². The zero-order valence-electron chi connectivity index (χ0n) is 15.3. The number of methoxy groups -OCH3 is 1. The first-order valence-corrected chi connectivity index (χ1v) is 10.1. The van der Waals surface area contributed by atoms with Crippen molar-refractivity contribution in [3.8, 4) is 5.75 Å². The summed E-state index contributed by atoms with van der Waals surface area (Å²) < 4.78 is 46.5. The van der Waals surface area contributed by atoms with E-state index in [9.17, 15) is 22.4 Å². The molecule has 1 saturated heterocycles. The van der Waals surface area contributed by atoms with Crippen LogP contribution in [0, 0.1) is 5.82 Å². The van der Waals surface area contributed by atoms with Crippen molar-refractivity contribution >= 4 is 27.8 Å². The van der Waals surface area contributed by atoms with Gasteiger partial charge in [0.25, 0.3) is 5.91 Å². The topological polar surface area (TPSA) is 90.0 Å². The van der Waals surface area contributed by atoms with Crippen LogP contribution >= 0.6 is 0 Å². The van der Waals surface area contributed by atoms with Crippen LogP contribution in [0.25, 0.3) is 6.08 Å². The molecule has 2 rings (SSSR count). The Balaban J connectivity index is 1.92. The van der Waals surface area contributed by atoms with Crippen LogP contribution < -0.4 is 4.74 Å². The van der Waals surface area contributed by atoms with E-state index in [1.165, 1.54) is 44.2 Å². The van der Waals surface area contributed by atoms with Gasteiger partial charge in [-0.2, -0.15) is 0 Å². The highest BCUT2D eigenvalue weighted by molar-refractivity contribution is 7.91. The van der Waals surface area contributed by atoms with E-state index in [1.54, 1.807) is 6.07 Å². The number of ether oxygens (including phenoxy) is 2. The third-order valence-corrected chi connectivity index (χ3v) is 6.08. The normalized spacial score (nSPS) is 19.6. The van der Waals surface area contributed by atoms with Crippen LogP contribution in [0.1, 0.15) is 18.9 Å². The first-order valence-electron chi connectivity index (χ1n) is 8.32. The van der Waals surface area contributed by atoms with Crippen molar-refractivity contribution in [2.24, 2.45) is 0 Å². The average molecular weight is 399 g/mol. The van der Waals surface area contributed by atoms with Gasteiger partial charge < -0.3 is 14.4 Å². The molecule has 1 heterocycles. The lowest BCUT2D eigenvalue weighted by Gasteiger charge is -2.26. The van der Waals surface area contributed by atoms with Gasteiger partial charge in [-0.15, -0.1) is 0 Å². The molecule has 0 saturated carbocycles. The Bertz CT molecular complexity index is 851. The van der Waals surface area contributed by atoms with Crippen molar-refractivity contribution in [1.29, 1.82) is 0 Å². The van der Waals surface area contributed by atoms with Crippen LogP contribution in [-0.2, 0) is 24.2 Å². The summed E-state index contributed by atoms with van der Waals surface area (Å²) >= 11 is 0. The molecule has 0 N–H and O–H groups in total. The highest BCUT2D eigenvalue weighted by atomic mass is 32.2. The van der Waals surface area contributed by atoms with Crippen LogP contribution in [0.2, 0.25) is 0 Å². The summed E-state index contributed by atoms with van der Waals surface area (Å²) in [5.74, 6) is -1.76. The minimum atomic E-state index is -3.12. The summed E-state index contributed by atoms with van der Waals surface area (Å²) in [5, 5.41) is 0. The Morgan fingerprint density at radius 3 is 2.63 bits per heavy atom. The molecule has 0 aromatic heterocycles. The number of amides is 1. The summed E-state index contributed by atoms with van der Waals surface area (Å²) in [5.41, 5.74) is 0.428. The van der Waals surface area contributed by atoms with E-state index in [-0.39, 0.29) is 17.3 Å². The molecular weight excluding hydrogens is 377 g/mol. The Kier molecular flexibility index (Phi) is 6.59. The first kappa shape index (κ1) is 20.9. The van der Waals surface area contributed by atoms with Gasteiger partial charge in [-0.05, 0) is 37.1 Å². The molecule has 148 valence electrons. The van der Waals surface area contributed by atoms with Crippen molar-refractivity contribution in [2.75, 3.05) is 25.7 Å². The molecule has 7 nitrogen and oxygen atoms in total. The van der Waals surface area contributed by atoms with Crippen LogP contribution in [-0.4, -0.2) is 63.0 Å². The van der Waals surface area contributed by atoms with Gasteiger partial charge in [-0.1, -0.05) is 6.07 Å². The number of benzene rings is 1. The molecule has 0 unspecified atom stereocenters. The molecule has 9 heteroatoms. The molecule has 0 spiro atoms. The largest absolute Gasteiger partial charge is 0.494 e. The number of rotatable bonds is 6. The molecule has 0 aliphatic carbocycles. The zero-order valence-corrected chi connectivity index (χ0v) is 16.2. The van der Waals surface area contributed by atoms with Gasteiger partial charge in [-0.25, -0.2) is 17.6 Å². The maximum Gasteiger partial charge on any atom is 0.331 e. The Morgan fingerprint density at radius 2 is 2.07 bits per heavy atom. The molecule has 1 amide bonds. The SMILES string of the molecule is COc1ccc(/C=C/C(=O)O[C@@H](C)C(=O)N(C)[C@@H]2CCS(=O)(=O)C2)cc1F. The van der Waals surface area contributed by atoms with E-state index in [0.29, 0.717) is 12.0 Å². The quantitative estimate of drug-likeness (QED) is 0.531. The number of esters is 1. The summed E-state index contributed by atoms with van der Waals surface area (Å²) in [6, 6.07) is 3.78. The molecule has 0 bridgehead atoms. The molecule has 1 aliphatic heterocycles. The van der Waals surface area contributed by atoms with Crippen LogP contribution in [0.4, 0.5) is 4.39 Å². The van der Waals surface area contributed by atoms with E-state index in [0.717, 1.165) is 6.08 Å². The third-order valence-electron chi connectivity index (χ3n) is 4.33. The maximum absolute atomic E-state index is 13.6. The standard InChI is InChI=1S/C18H22FNO6S/c1-12(18(22)20(2)14-8-9-27(23,24)11-14)26-17(21)7-5-13-4-6-16(25-3)15(19)10-13/h4-7,10,12,14H,8-9,11H2,1-3H3/b7-5+/t12-,14+/m0/s1. The van der Waals surface area contributed by atoms with Crippen molar-refractivity contribution in [1.82, 2.24) is 4.90 Å².